The van der Waals surface area contributed by atoms with Crippen LogP contribution in [0.1, 0.15) is 24.0 Å². The molecule has 0 aliphatic heterocycles. The molecule has 0 atom stereocenters. The third-order valence-electron chi connectivity index (χ3n) is 4.07. The van der Waals surface area contributed by atoms with Crippen LogP contribution >= 0.6 is 11.6 Å². The van der Waals surface area contributed by atoms with Crippen molar-refractivity contribution in [1.82, 2.24) is 5.43 Å². The van der Waals surface area contributed by atoms with E-state index in [0.29, 0.717) is 21.7 Å². The number of hydrogen-bond donors (Lipinski definition) is 2. The molecule has 1 aromatic heterocycles. The number of hydrazone groups is 1. The zero-order valence-electron chi connectivity index (χ0n) is 15.6. The number of carbonyl (C=O) groups is 2. The minimum Gasteiger partial charge on any atom is -0.463 e. The topological polar surface area (TPSA) is 101 Å². The first-order valence-electron chi connectivity index (χ1n) is 8.82. The first-order valence-corrected chi connectivity index (χ1v) is 9.19. The first-order chi connectivity index (χ1) is 13.9. The summed E-state index contributed by atoms with van der Waals surface area (Å²) in [6, 6.07) is 12.1. The Bertz CT molecular complexity index is 1140. The van der Waals surface area contributed by atoms with Crippen molar-refractivity contribution in [3.05, 3.63) is 75.1 Å². The summed E-state index contributed by atoms with van der Waals surface area (Å²) in [6.07, 6.45) is 2.41. The van der Waals surface area contributed by atoms with E-state index in [-0.39, 0.29) is 29.7 Å². The van der Waals surface area contributed by atoms with E-state index in [1.54, 1.807) is 24.3 Å². The fraction of sp³-hybridized carbons (Fsp3) is 0.143. The number of rotatable bonds is 6. The molecule has 0 fully saturated rings. The van der Waals surface area contributed by atoms with Crippen LogP contribution in [0.25, 0.3) is 11.0 Å². The smallest absolute Gasteiger partial charge is 0.240 e. The Balaban J connectivity index is 1.52. The molecule has 0 saturated carbocycles. The van der Waals surface area contributed by atoms with Crippen molar-refractivity contribution in [2.75, 3.05) is 5.32 Å². The standard InChI is InChI=1S/C21H18ClN3O4/c1-13-2-5-16(6-3-13)24-19(26)8-9-20(27)25-23-11-14-12-29-18-7-4-15(22)10-17(18)21(14)28/h2-7,10-12H,8-9H2,1H3,(H,24,26)(H,25,27)/b23-11-. The third-order valence-corrected chi connectivity index (χ3v) is 4.30. The lowest BCUT2D eigenvalue weighted by Crippen LogP contribution is -2.21. The van der Waals surface area contributed by atoms with Gasteiger partial charge in [0.1, 0.15) is 11.8 Å². The molecule has 1 heterocycles. The van der Waals surface area contributed by atoms with Crippen LogP contribution in [0.3, 0.4) is 0 Å². The molecule has 8 heteroatoms. The summed E-state index contributed by atoms with van der Waals surface area (Å²) in [5.74, 6) is -0.728. The van der Waals surface area contributed by atoms with E-state index < -0.39 is 5.91 Å². The van der Waals surface area contributed by atoms with Crippen molar-refractivity contribution in [2.24, 2.45) is 5.10 Å². The molecule has 29 heavy (non-hydrogen) atoms. The van der Waals surface area contributed by atoms with Gasteiger partial charge in [-0.05, 0) is 37.3 Å². The van der Waals surface area contributed by atoms with Gasteiger partial charge in [0.05, 0.1) is 17.2 Å². The highest BCUT2D eigenvalue weighted by atomic mass is 35.5. The molecule has 2 N–H and O–H groups in total. The Labute approximate surface area is 171 Å². The molecule has 2 amide bonds. The van der Waals surface area contributed by atoms with Crippen LogP contribution in [0.4, 0.5) is 5.69 Å². The molecule has 2 aromatic carbocycles. The van der Waals surface area contributed by atoms with E-state index in [1.165, 1.54) is 18.5 Å². The highest BCUT2D eigenvalue weighted by molar-refractivity contribution is 6.31. The van der Waals surface area contributed by atoms with Crippen LogP contribution in [0.2, 0.25) is 5.02 Å². The summed E-state index contributed by atoms with van der Waals surface area (Å²) in [4.78, 5) is 36.1. The van der Waals surface area contributed by atoms with E-state index in [9.17, 15) is 14.4 Å². The highest BCUT2D eigenvalue weighted by Crippen LogP contribution is 2.16. The van der Waals surface area contributed by atoms with Gasteiger partial charge in [-0.25, -0.2) is 5.43 Å². The second kappa shape index (κ2) is 9.16. The van der Waals surface area contributed by atoms with Gasteiger partial charge in [-0.15, -0.1) is 0 Å². The van der Waals surface area contributed by atoms with E-state index in [1.807, 2.05) is 19.1 Å². The minimum atomic E-state index is -0.450. The predicted octanol–water partition coefficient (Wildman–Crippen LogP) is 3.62. The Kier molecular flexibility index (Phi) is 6.41. The van der Waals surface area contributed by atoms with Crippen LogP contribution < -0.4 is 16.2 Å². The molecule has 0 aliphatic carbocycles. The van der Waals surface area contributed by atoms with Crippen LogP contribution in [-0.4, -0.2) is 18.0 Å². The van der Waals surface area contributed by atoms with E-state index in [2.05, 4.69) is 15.8 Å². The summed E-state index contributed by atoms with van der Waals surface area (Å²) >= 11 is 5.90. The Hall–Kier alpha value is -3.45. The molecule has 0 spiro atoms. The van der Waals surface area contributed by atoms with Gasteiger partial charge in [0.25, 0.3) is 0 Å². The van der Waals surface area contributed by atoms with Crippen molar-refractivity contribution >= 4 is 46.3 Å². The average Bonchev–Trinajstić information content (AvgIpc) is 2.70. The second-order valence-corrected chi connectivity index (χ2v) is 6.80. The van der Waals surface area contributed by atoms with E-state index >= 15 is 0 Å². The average molecular weight is 412 g/mol. The number of carbonyl (C=O) groups excluding carboxylic acids is 2. The Morgan fingerprint density at radius 3 is 2.59 bits per heavy atom. The summed E-state index contributed by atoms with van der Waals surface area (Å²) in [5, 5.41) is 7.20. The summed E-state index contributed by atoms with van der Waals surface area (Å²) in [6.45, 7) is 1.95. The minimum absolute atomic E-state index is 0.00580. The molecular weight excluding hydrogens is 394 g/mol. The zero-order chi connectivity index (χ0) is 20.8. The van der Waals surface area contributed by atoms with Gasteiger partial charge < -0.3 is 9.73 Å². The lowest BCUT2D eigenvalue weighted by atomic mass is 10.2. The summed E-state index contributed by atoms with van der Waals surface area (Å²) < 4.78 is 5.36. The number of anilines is 1. The quantitative estimate of drug-likeness (QED) is 0.477. The van der Waals surface area contributed by atoms with Crippen LogP contribution in [-0.2, 0) is 9.59 Å². The maximum Gasteiger partial charge on any atom is 0.240 e. The molecule has 3 rings (SSSR count). The van der Waals surface area contributed by atoms with Crippen LogP contribution in [0, 0.1) is 6.92 Å². The van der Waals surface area contributed by atoms with Gasteiger partial charge in [-0.3, -0.25) is 14.4 Å². The van der Waals surface area contributed by atoms with Gasteiger partial charge in [0.2, 0.25) is 17.2 Å². The molecular formula is C21H18ClN3O4. The van der Waals surface area contributed by atoms with Crippen molar-refractivity contribution in [2.45, 2.75) is 19.8 Å². The number of halogens is 1. The van der Waals surface area contributed by atoms with Gasteiger partial charge in [0.15, 0.2) is 0 Å². The zero-order valence-corrected chi connectivity index (χ0v) is 16.3. The number of aryl methyl sites for hydroxylation is 1. The van der Waals surface area contributed by atoms with Crippen molar-refractivity contribution in [1.29, 1.82) is 0 Å². The monoisotopic (exact) mass is 411 g/mol. The van der Waals surface area contributed by atoms with E-state index in [4.69, 9.17) is 16.0 Å². The third kappa shape index (κ3) is 5.52. The highest BCUT2D eigenvalue weighted by Gasteiger charge is 2.08. The van der Waals surface area contributed by atoms with Gasteiger partial charge in [-0.1, -0.05) is 29.3 Å². The van der Waals surface area contributed by atoms with Crippen LogP contribution in [0.15, 0.2) is 63.0 Å². The predicted molar refractivity (Wildman–Crippen MR) is 112 cm³/mol. The van der Waals surface area contributed by atoms with Crippen molar-refractivity contribution in [3.63, 3.8) is 0 Å². The van der Waals surface area contributed by atoms with Gasteiger partial charge in [0, 0.05) is 23.6 Å². The molecule has 0 unspecified atom stereocenters. The maximum atomic E-state index is 12.4. The molecule has 0 bridgehead atoms. The number of nitrogens with zero attached hydrogens (tertiary/aromatic N) is 1. The van der Waals surface area contributed by atoms with Crippen molar-refractivity contribution in [3.8, 4) is 0 Å². The SMILES string of the molecule is Cc1ccc(NC(=O)CCC(=O)N/N=C\c2coc3ccc(Cl)cc3c2=O)cc1. The summed E-state index contributed by atoms with van der Waals surface area (Å²) in [7, 11) is 0. The lowest BCUT2D eigenvalue weighted by molar-refractivity contribution is -0.124. The van der Waals surface area contributed by atoms with Crippen LogP contribution in [0.5, 0.6) is 0 Å². The fourth-order valence-corrected chi connectivity index (χ4v) is 2.70. The number of fused-ring (bicyclic) bond motifs is 1. The molecule has 0 radical (unpaired) electrons. The van der Waals surface area contributed by atoms with E-state index in [0.717, 1.165) is 5.56 Å². The fourth-order valence-electron chi connectivity index (χ4n) is 2.52. The molecule has 148 valence electrons. The Morgan fingerprint density at radius 1 is 1.10 bits per heavy atom. The molecule has 3 aromatic rings. The first kappa shape index (κ1) is 20.3. The molecule has 7 nitrogen and oxygen atoms in total. The second-order valence-electron chi connectivity index (χ2n) is 6.37. The number of hydrogen-bond acceptors (Lipinski definition) is 5. The van der Waals surface area contributed by atoms with Gasteiger partial charge >= 0.3 is 0 Å². The van der Waals surface area contributed by atoms with Gasteiger partial charge in [-0.2, -0.15) is 5.10 Å². The Morgan fingerprint density at radius 2 is 1.83 bits per heavy atom. The summed E-state index contributed by atoms with van der Waals surface area (Å²) in [5.41, 5.74) is 4.30. The maximum absolute atomic E-state index is 12.4. The number of nitrogens with one attached hydrogen (secondary N) is 2. The lowest BCUT2D eigenvalue weighted by Gasteiger charge is -2.05. The number of amides is 2. The van der Waals surface area contributed by atoms with Crippen molar-refractivity contribution < 1.29 is 14.0 Å². The largest absolute Gasteiger partial charge is 0.463 e. The number of benzene rings is 2. The molecule has 0 saturated heterocycles. The molecule has 0 aliphatic rings. The normalized spacial score (nSPS) is 11.0.